The van der Waals surface area contributed by atoms with E-state index >= 15 is 0 Å². The molecule has 0 aliphatic carbocycles. The van der Waals surface area contributed by atoms with Gasteiger partial charge in [0, 0.05) is 4.47 Å². The summed E-state index contributed by atoms with van der Waals surface area (Å²) in [5.74, 6) is 0.581. The van der Waals surface area contributed by atoms with Gasteiger partial charge in [0.05, 0.1) is 25.5 Å². The molecule has 0 spiro atoms. The molecule has 2 N–H and O–H groups in total. The van der Waals surface area contributed by atoms with Gasteiger partial charge in [0.15, 0.2) is 6.61 Å². The molecular weight excluding hydrogens is 364 g/mol. The lowest BCUT2D eigenvalue weighted by Crippen LogP contribution is -3.06. The molecule has 1 aromatic heterocycles. The van der Waals surface area contributed by atoms with Crippen LogP contribution < -0.4 is 15.0 Å². The van der Waals surface area contributed by atoms with Crippen LogP contribution in [0.25, 0.3) is 0 Å². The van der Waals surface area contributed by atoms with Crippen LogP contribution in [0, 0.1) is 0 Å². The van der Waals surface area contributed by atoms with E-state index < -0.39 is 0 Å². The summed E-state index contributed by atoms with van der Waals surface area (Å²) < 4.78 is 6.45. The molecule has 1 heterocycles. The fourth-order valence-electron chi connectivity index (χ4n) is 2.03. The van der Waals surface area contributed by atoms with Crippen LogP contribution in [-0.4, -0.2) is 33.2 Å². The van der Waals surface area contributed by atoms with E-state index in [4.69, 9.17) is 4.74 Å². The Balaban J connectivity index is 1.80. The Bertz CT molecular complexity index is 585. The largest absolute Gasteiger partial charge is 0.484 e. The molecule has 0 fully saturated rings. The first kappa shape index (κ1) is 17.0. The van der Waals surface area contributed by atoms with Crippen LogP contribution in [0.3, 0.4) is 0 Å². The number of hydrogen-bond acceptors (Lipinski definition) is 3. The molecule has 0 aliphatic heterocycles. The summed E-state index contributed by atoms with van der Waals surface area (Å²) in [5, 5.41) is 5.01. The van der Waals surface area contributed by atoms with Gasteiger partial charge in [-0.3, -0.25) is 4.79 Å². The van der Waals surface area contributed by atoms with E-state index in [9.17, 15) is 4.79 Å². The van der Waals surface area contributed by atoms with Crippen molar-refractivity contribution in [3.8, 4) is 5.75 Å². The van der Waals surface area contributed by atoms with Gasteiger partial charge in [0.2, 0.25) is 0 Å². The van der Waals surface area contributed by atoms with E-state index in [2.05, 4.69) is 46.8 Å². The van der Waals surface area contributed by atoms with Crippen LogP contribution in [0.15, 0.2) is 46.3 Å². The number of thiophene rings is 1. The average Bonchev–Trinajstić information content (AvgIpc) is 3.00. The summed E-state index contributed by atoms with van der Waals surface area (Å²) in [6, 6.07) is 11.8. The summed E-state index contributed by atoms with van der Waals surface area (Å²) in [4.78, 5) is 14.5. The first-order chi connectivity index (χ1) is 10.6. The van der Waals surface area contributed by atoms with E-state index in [0.29, 0.717) is 12.3 Å². The number of ether oxygens (including phenoxy) is 1. The minimum Gasteiger partial charge on any atom is -0.484 e. The second-order valence-electron chi connectivity index (χ2n) is 5.19. The molecule has 4 nitrogen and oxygen atoms in total. The van der Waals surface area contributed by atoms with E-state index in [-0.39, 0.29) is 18.6 Å². The zero-order valence-corrected chi connectivity index (χ0v) is 15.0. The molecule has 2 aromatic rings. The third kappa shape index (κ3) is 5.12. The Morgan fingerprint density at radius 3 is 2.64 bits per heavy atom. The number of nitrogens with one attached hydrogen (secondary N) is 2. The van der Waals surface area contributed by atoms with Crippen LogP contribution in [0.2, 0.25) is 0 Å². The van der Waals surface area contributed by atoms with E-state index in [0.717, 1.165) is 4.47 Å². The van der Waals surface area contributed by atoms with Crippen LogP contribution in [-0.2, 0) is 4.79 Å². The van der Waals surface area contributed by atoms with Crippen molar-refractivity contribution >= 4 is 33.2 Å². The van der Waals surface area contributed by atoms with E-state index in [1.165, 1.54) is 9.78 Å². The predicted octanol–water partition coefficient (Wildman–Crippen LogP) is 1.89. The highest BCUT2D eigenvalue weighted by Gasteiger charge is 2.19. The Morgan fingerprint density at radius 2 is 2.05 bits per heavy atom. The molecule has 0 bridgehead atoms. The summed E-state index contributed by atoms with van der Waals surface area (Å²) in [5.41, 5.74) is 0. The Kier molecular flexibility index (Phi) is 6.42. The average molecular weight is 384 g/mol. The van der Waals surface area contributed by atoms with Crippen LogP contribution >= 0.6 is 27.3 Å². The van der Waals surface area contributed by atoms with Crippen LogP contribution in [0.5, 0.6) is 5.75 Å². The molecule has 0 unspecified atom stereocenters. The summed E-state index contributed by atoms with van der Waals surface area (Å²) in [7, 11) is 4.18. The minimum atomic E-state index is -0.106. The van der Waals surface area contributed by atoms with Crippen molar-refractivity contribution in [2.75, 3.05) is 27.2 Å². The minimum absolute atomic E-state index is 0.0293. The fraction of sp³-hybridized carbons (Fsp3) is 0.312. The molecule has 2 rings (SSSR count). The highest BCUT2D eigenvalue weighted by molar-refractivity contribution is 9.10. The number of carbonyl (C=O) groups is 1. The molecule has 22 heavy (non-hydrogen) atoms. The van der Waals surface area contributed by atoms with Gasteiger partial charge in [-0.15, -0.1) is 11.3 Å². The SMILES string of the molecule is C[NH+](C)[C@H](CNC(=O)COc1ccc(Br)cc1)c1cccs1. The highest BCUT2D eigenvalue weighted by atomic mass is 79.9. The van der Waals surface area contributed by atoms with Gasteiger partial charge in [-0.2, -0.15) is 0 Å². The highest BCUT2D eigenvalue weighted by Crippen LogP contribution is 2.16. The molecule has 0 saturated carbocycles. The second kappa shape index (κ2) is 8.31. The standard InChI is InChI=1S/C16H19BrN2O2S/c1-19(2)14(15-4-3-9-22-15)10-18-16(20)11-21-13-7-5-12(17)6-8-13/h3-9,14H,10-11H2,1-2H3,(H,18,20)/p+1/t14-/m1/s1. The third-order valence-electron chi connectivity index (χ3n) is 3.27. The quantitative estimate of drug-likeness (QED) is 0.766. The molecular formula is C16H20BrN2O2S+. The van der Waals surface area contributed by atoms with Crippen molar-refractivity contribution in [1.82, 2.24) is 5.32 Å². The van der Waals surface area contributed by atoms with Gasteiger partial charge >= 0.3 is 0 Å². The number of halogens is 1. The molecule has 0 aliphatic rings. The van der Waals surface area contributed by atoms with Crippen molar-refractivity contribution in [2.24, 2.45) is 0 Å². The number of benzene rings is 1. The molecule has 0 radical (unpaired) electrons. The lowest BCUT2D eigenvalue weighted by atomic mass is 10.2. The predicted molar refractivity (Wildman–Crippen MR) is 92.5 cm³/mol. The number of amides is 1. The van der Waals surface area contributed by atoms with Crippen LogP contribution in [0.4, 0.5) is 0 Å². The summed E-state index contributed by atoms with van der Waals surface area (Å²) >= 11 is 5.08. The fourth-order valence-corrected chi connectivity index (χ4v) is 3.24. The topological polar surface area (TPSA) is 42.8 Å². The maximum absolute atomic E-state index is 11.9. The molecule has 1 amide bonds. The van der Waals surface area contributed by atoms with Gasteiger partial charge in [0.1, 0.15) is 11.8 Å². The number of hydrogen-bond donors (Lipinski definition) is 2. The molecule has 1 aromatic carbocycles. The normalized spacial score (nSPS) is 12.2. The monoisotopic (exact) mass is 383 g/mol. The third-order valence-corrected chi connectivity index (χ3v) is 4.79. The Labute approximate surface area is 143 Å². The molecule has 1 atom stereocenters. The van der Waals surface area contributed by atoms with Gasteiger partial charge in [0.25, 0.3) is 5.91 Å². The van der Waals surface area contributed by atoms with E-state index in [1.54, 1.807) is 11.3 Å². The summed E-state index contributed by atoms with van der Waals surface area (Å²) in [6.07, 6.45) is 0. The van der Waals surface area contributed by atoms with Crippen molar-refractivity contribution in [3.63, 3.8) is 0 Å². The summed E-state index contributed by atoms with van der Waals surface area (Å²) in [6.45, 7) is 0.632. The van der Waals surface area contributed by atoms with Crippen molar-refractivity contribution in [3.05, 3.63) is 51.1 Å². The number of likely N-dealkylation sites (N-methyl/N-ethyl adjacent to an activating group) is 1. The van der Waals surface area contributed by atoms with Gasteiger partial charge in [-0.25, -0.2) is 0 Å². The first-order valence-electron chi connectivity index (χ1n) is 7.05. The van der Waals surface area contributed by atoms with Gasteiger partial charge in [-0.1, -0.05) is 22.0 Å². The van der Waals surface area contributed by atoms with Gasteiger partial charge in [-0.05, 0) is 35.7 Å². The maximum Gasteiger partial charge on any atom is 0.258 e. The zero-order valence-electron chi connectivity index (χ0n) is 12.6. The maximum atomic E-state index is 11.9. The lowest BCUT2D eigenvalue weighted by Gasteiger charge is -2.20. The lowest BCUT2D eigenvalue weighted by molar-refractivity contribution is -0.890. The first-order valence-corrected chi connectivity index (χ1v) is 8.72. The molecule has 6 heteroatoms. The molecule has 0 saturated heterocycles. The Hall–Kier alpha value is -1.37. The number of rotatable bonds is 7. The second-order valence-corrected chi connectivity index (χ2v) is 7.09. The van der Waals surface area contributed by atoms with Crippen molar-refractivity contribution in [1.29, 1.82) is 0 Å². The zero-order chi connectivity index (χ0) is 15.9. The Morgan fingerprint density at radius 1 is 1.32 bits per heavy atom. The van der Waals surface area contributed by atoms with Crippen molar-refractivity contribution in [2.45, 2.75) is 6.04 Å². The smallest absolute Gasteiger partial charge is 0.258 e. The number of quaternary nitrogens is 1. The molecule has 118 valence electrons. The van der Waals surface area contributed by atoms with Crippen molar-refractivity contribution < 1.29 is 14.4 Å². The van der Waals surface area contributed by atoms with Gasteiger partial charge < -0.3 is 15.0 Å². The van der Waals surface area contributed by atoms with E-state index in [1.807, 2.05) is 30.3 Å². The van der Waals surface area contributed by atoms with Crippen LogP contribution in [0.1, 0.15) is 10.9 Å². The number of carbonyl (C=O) groups excluding carboxylic acids is 1.